The van der Waals surface area contributed by atoms with Crippen LogP contribution in [0.1, 0.15) is 64.9 Å². The number of unbranched alkanes of at least 4 members (excludes halogenated alkanes) is 3. The zero-order chi connectivity index (χ0) is 19.4. The summed E-state index contributed by atoms with van der Waals surface area (Å²) in [4.78, 5) is 11.8. The van der Waals surface area contributed by atoms with Gasteiger partial charge in [0, 0.05) is 13.1 Å². The number of rotatable bonds is 13. The lowest BCUT2D eigenvalue weighted by atomic mass is 10.1. The van der Waals surface area contributed by atoms with E-state index in [4.69, 9.17) is 4.74 Å². The maximum atomic E-state index is 12.9. The molecule has 0 saturated heterocycles. The van der Waals surface area contributed by atoms with Gasteiger partial charge >= 0.3 is 5.97 Å². The fourth-order valence-corrected chi connectivity index (χ4v) is 4.32. The van der Waals surface area contributed by atoms with Crippen molar-refractivity contribution in [3.63, 3.8) is 0 Å². The molecule has 0 atom stereocenters. The molecule has 0 aliphatic heterocycles. The van der Waals surface area contributed by atoms with Crippen LogP contribution in [0.2, 0.25) is 0 Å². The molecule has 5 nitrogen and oxygen atoms in total. The number of carbonyl (C=O) groups is 1. The monoisotopic (exact) mass is 383 g/mol. The second-order valence-corrected chi connectivity index (χ2v) is 8.35. The maximum Gasteiger partial charge on any atom is 0.307 e. The third kappa shape index (κ3) is 7.46. The van der Waals surface area contributed by atoms with E-state index < -0.39 is 10.0 Å². The Morgan fingerprint density at radius 2 is 1.65 bits per heavy atom. The third-order valence-electron chi connectivity index (χ3n) is 4.22. The Morgan fingerprint density at radius 3 is 2.23 bits per heavy atom. The summed E-state index contributed by atoms with van der Waals surface area (Å²) in [5, 5.41) is 0. The van der Waals surface area contributed by atoms with Gasteiger partial charge in [-0.05, 0) is 43.9 Å². The van der Waals surface area contributed by atoms with Crippen LogP contribution in [-0.4, -0.2) is 38.4 Å². The van der Waals surface area contributed by atoms with E-state index in [1.165, 1.54) is 23.6 Å². The Balaban J connectivity index is 2.76. The number of nitrogens with zero attached hydrogens (tertiary/aromatic N) is 1. The molecule has 0 fully saturated rings. The van der Waals surface area contributed by atoms with Crippen molar-refractivity contribution in [2.24, 2.45) is 0 Å². The predicted molar refractivity (Wildman–Crippen MR) is 105 cm³/mol. The fraction of sp³-hybridized carbons (Fsp3) is 0.650. The second-order valence-electron chi connectivity index (χ2n) is 6.41. The summed E-state index contributed by atoms with van der Waals surface area (Å²) in [6.07, 6.45) is 6.51. The fourth-order valence-electron chi connectivity index (χ4n) is 2.78. The first kappa shape index (κ1) is 22.6. The van der Waals surface area contributed by atoms with Gasteiger partial charge in [0.05, 0.1) is 17.9 Å². The molecule has 1 rings (SSSR count). The first-order chi connectivity index (χ1) is 12.5. The molecule has 1 aromatic carbocycles. The summed E-state index contributed by atoms with van der Waals surface area (Å²) in [7, 11) is -3.59. The average molecular weight is 384 g/mol. The maximum absolute atomic E-state index is 12.9. The minimum Gasteiger partial charge on any atom is -0.466 e. The molecule has 0 N–H and O–H groups in total. The standard InChI is InChI=1S/C20H33NO4S/c1-4-7-8-9-10-18-11-13-19(14-12-18)26(23,24)21(16-5-2)17-15-20(22)25-6-3/h11-14H,4-10,15-17H2,1-3H3. The SMILES string of the molecule is CCCCCCc1ccc(S(=O)(=O)N(CCC)CCC(=O)OCC)cc1. The number of benzene rings is 1. The minimum absolute atomic E-state index is 0.0720. The van der Waals surface area contributed by atoms with Crippen molar-refractivity contribution in [3.8, 4) is 0 Å². The Bertz CT molecular complexity index is 626. The molecule has 0 aliphatic carbocycles. The van der Waals surface area contributed by atoms with Gasteiger partial charge in [-0.15, -0.1) is 0 Å². The van der Waals surface area contributed by atoms with Gasteiger partial charge in [0.1, 0.15) is 0 Å². The van der Waals surface area contributed by atoms with Crippen molar-refractivity contribution < 1.29 is 17.9 Å². The first-order valence-electron chi connectivity index (χ1n) is 9.70. The van der Waals surface area contributed by atoms with Crippen molar-refractivity contribution in [2.75, 3.05) is 19.7 Å². The van der Waals surface area contributed by atoms with E-state index in [0.29, 0.717) is 19.6 Å². The number of carbonyl (C=O) groups excluding carboxylic acids is 1. The topological polar surface area (TPSA) is 63.7 Å². The van der Waals surface area contributed by atoms with E-state index in [9.17, 15) is 13.2 Å². The lowest BCUT2D eigenvalue weighted by Gasteiger charge is -2.21. The Hall–Kier alpha value is -1.40. The summed E-state index contributed by atoms with van der Waals surface area (Å²) >= 11 is 0. The number of ether oxygens (including phenoxy) is 1. The van der Waals surface area contributed by atoms with Crippen LogP contribution in [0.4, 0.5) is 0 Å². The third-order valence-corrected chi connectivity index (χ3v) is 6.14. The second kappa shape index (κ2) is 12.1. The van der Waals surface area contributed by atoms with Gasteiger partial charge in [0.2, 0.25) is 10.0 Å². The first-order valence-corrected chi connectivity index (χ1v) is 11.1. The van der Waals surface area contributed by atoms with Crippen LogP contribution in [0.3, 0.4) is 0 Å². The normalized spacial score (nSPS) is 11.7. The van der Waals surface area contributed by atoms with Gasteiger partial charge in [-0.3, -0.25) is 4.79 Å². The molecule has 0 saturated carbocycles. The molecule has 0 aromatic heterocycles. The molecule has 0 heterocycles. The van der Waals surface area contributed by atoms with Gasteiger partial charge in [0.25, 0.3) is 0 Å². The Labute approximate surface area is 158 Å². The molecule has 148 valence electrons. The van der Waals surface area contributed by atoms with E-state index >= 15 is 0 Å². The van der Waals surface area contributed by atoms with Crippen LogP contribution in [-0.2, 0) is 26.0 Å². The molecular formula is C20H33NO4S. The molecule has 1 aromatic rings. The Kier molecular flexibility index (Phi) is 10.5. The average Bonchev–Trinajstić information content (AvgIpc) is 2.63. The van der Waals surface area contributed by atoms with Crippen LogP contribution in [0.5, 0.6) is 0 Å². The van der Waals surface area contributed by atoms with Crippen molar-refractivity contribution in [1.29, 1.82) is 0 Å². The molecule has 6 heteroatoms. The minimum atomic E-state index is -3.59. The zero-order valence-electron chi connectivity index (χ0n) is 16.4. The van der Waals surface area contributed by atoms with Gasteiger partial charge in [-0.1, -0.05) is 45.2 Å². The summed E-state index contributed by atoms with van der Waals surface area (Å²) < 4.78 is 32.0. The highest BCUT2D eigenvalue weighted by atomic mass is 32.2. The van der Waals surface area contributed by atoms with E-state index in [1.54, 1.807) is 19.1 Å². The summed E-state index contributed by atoms with van der Waals surface area (Å²) in [5.41, 5.74) is 1.16. The smallest absolute Gasteiger partial charge is 0.307 e. The number of esters is 1. The molecule has 0 aliphatic rings. The van der Waals surface area contributed by atoms with E-state index in [-0.39, 0.29) is 23.8 Å². The van der Waals surface area contributed by atoms with Gasteiger partial charge < -0.3 is 4.74 Å². The summed E-state index contributed by atoms with van der Waals surface area (Å²) in [6.45, 7) is 6.69. The van der Waals surface area contributed by atoms with Crippen molar-refractivity contribution in [1.82, 2.24) is 4.31 Å². The molecule has 0 spiro atoms. The molecule has 0 amide bonds. The Morgan fingerprint density at radius 1 is 0.962 bits per heavy atom. The van der Waals surface area contributed by atoms with Crippen LogP contribution in [0.15, 0.2) is 29.2 Å². The highest BCUT2D eigenvalue weighted by Crippen LogP contribution is 2.18. The largest absolute Gasteiger partial charge is 0.466 e. The summed E-state index contributed by atoms with van der Waals surface area (Å²) in [5.74, 6) is -0.369. The van der Waals surface area contributed by atoms with Crippen molar-refractivity contribution in [2.45, 2.75) is 70.6 Å². The van der Waals surface area contributed by atoms with Crippen molar-refractivity contribution >= 4 is 16.0 Å². The molecule has 0 unspecified atom stereocenters. The number of sulfonamides is 1. The van der Waals surface area contributed by atoms with Crippen LogP contribution in [0, 0.1) is 0 Å². The van der Waals surface area contributed by atoms with Crippen LogP contribution in [0.25, 0.3) is 0 Å². The number of hydrogen-bond acceptors (Lipinski definition) is 4. The summed E-state index contributed by atoms with van der Waals surface area (Å²) in [6, 6.07) is 7.15. The lowest BCUT2D eigenvalue weighted by molar-refractivity contribution is -0.143. The van der Waals surface area contributed by atoms with Gasteiger partial charge in [-0.25, -0.2) is 8.42 Å². The van der Waals surface area contributed by atoms with E-state index in [2.05, 4.69) is 6.92 Å². The van der Waals surface area contributed by atoms with Gasteiger partial charge in [0.15, 0.2) is 0 Å². The highest BCUT2D eigenvalue weighted by molar-refractivity contribution is 7.89. The zero-order valence-corrected chi connectivity index (χ0v) is 17.2. The van der Waals surface area contributed by atoms with Crippen LogP contribution < -0.4 is 0 Å². The number of aryl methyl sites for hydroxylation is 1. The quantitative estimate of drug-likeness (QED) is 0.379. The van der Waals surface area contributed by atoms with E-state index in [0.717, 1.165) is 18.4 Å². The predicted octanol–water partition coefficient (Wildman–Crippen LogP) is 4.16. The molecular weight excluding hydrogens is 350 g/mol. The highest BCUT2D eigenvalue weighted by Gasteiger charge is 2.24. The molecule has 0 bridgehead atoms. The van der Waals surface area contributed by atoms with E-state index in [1.807, 2.05) is 19.1 Å². The lowest BCUT2D eigenvalue weighted by Crippen LogP contribution is -2.34. The van der Waals surface area contributed by atoms with Gasteiger partial charge in [-0.2, -0.15) is 4.31 Å². The van der Waals surface area contributed by atoms with Crippen LogP contribution >= 0.6 is 0 Å². The molecule has 0 radical (unpaired) electrons. The number of hydrogen-bond donors (Lipinski definition) is 0. The van der Waals surface area contributed by atoms with Crippen molar-refractivity contribution in [3.05, 3.63) is 29.8 Å². The molecule has 26 heavy (non-hydrogen) atoms.